The number of aromatic nitrogens is 1. The number of pyridine rings is 1. The monoisotopic (exact) mass is 285 g/mol. The van der Waals surface area contributed by atoms with Gasteiger partial charge in [-0.3, -0.25) is 9.78 Å². The van der Waals surface area contributed by atoms with Gasteiger partial charge in [-0.25, -0.2) is 0 Å². The lowest BCUT2D eigenvalue weighted by molar-refractivity contribution is 0.0698. The van der Waals surface area contributed by atoms with Crippen molar-refractivity contribution in [2.45, 2.75) is 26.8 Å². The average Bonchev–Trinajstić information content (AvgIpc) is 2.45. The summed E-state index contributed by atoms with van der Waals surface area (Å²) in [6, 6.07) is 9.62. The van der Waals surface area contributed by atoms with Gasteiger partial charge in [-0.2, -0.15) is 0 Å². The number of amides is 1. The predicted molar refractivity (Wildman–Crippen MR) is 86.3 cm³/mol. The molecular weight excluding hydrogens is 262 g/mol. The Morgan fingerprint density at radius 2 is 2.00 bits per heavy atom. The summed E-state index contributed by atoms with van der Waals surface area (Å²) < 4.78 is 0. The van der Waals surface area contributed by atoms with Crippen LogP contribution in [0, 0.1) is 12.8 Å². The van der Waals surface area contributed by atoms with Gasteiger partial charge < -0.3 is 10.6 Å². The number of likely N-dealkylation sites (N-methyl/N-ethyl adjacent to an activating group) is 1. The van der Waals surface area contributed by atoms with Crippen LogP contribution in [0.1, 0.15) is 29.9 Å². The summed E-state index contributed by atoms with van der Waals surface area (Å²) >= 11 is 0. The van der Waals surface area contributed by atoms with Gasteiger partial charge in [-0.15, -0.1) is 0 Å². The Kier molecular flexibility index (Phi) is 4.58. The lowest BCUT2D eigenvalue weighted by Crippen LogP contribution is -2.45. The number of para-hydroxylation sites is 1. The lowest BCUT2D eigenvalue weighted by Gasteiger charge is -2.30. The van der Waals surface area contributed by atoms with Crippen molar-refractivity contribution in [3.63, 3.8) is 0 Å². The molecule has 1 atom stereocenters. The minimum Gasteiger partial charge on any atom is -0.337 e. The Labute approximate surface area is 126 Å². The third-order valence-corrected chi connectivity index (χ3v) is 3.90. The Balaban J connectivity index is 2.48. The van der Waals surface area contributed by atoms with Crippen LogP contribution in [0.5, 0.6) is 0 Å². The van der Waals surface area contributed by atoms with Crippen LogP contribution in [0.3, 0.4) is 0 Å². The van der Waals surface area contributed by atoms with Crippen LogP contribution in [-0.2, 0) is 0 Å². The molecule has 0 spiro atoms. The zero-order valence-corrected chi connectivity index (χ0v) is 13.1. The van der Waals surface area contributed by atoms with Crippen LogP contribution in [0.2, 0.25) is 0 Å². The van der Waals surface area contributed by atoms with E-state index in [9.17, 15) is 4.79 Å². The second-order valence-corrected chi connectivity index (χ2v) is 5.79. The molecule has 0 aliphatic rings. The van der Waals surface area contributed by atoms with Gasteiger partial charge in [0, 0.05) is 30.7 Å². The fourth-order valence-electron chi connectivity index (χ4n) is 2.70. The molecule has 0 aliphatic heterocycles. The van der Waals surface area contributed by atoms with E-state index in [1.807, 2.05) is 44.3 Å². The van der Waals surface area contributed by atoms with E-state index < -0.39 is 0 Å². The van der Waals surface area contributed by atoms with Crippen LogP contribution in [0.25, 0.3) is 10.9 Å². The van der Waals surface area contributed by atoms with Crippen LogP contribution in [0.4, 0.5) is 0 Å². The van der Waals surface area contributed by atoms with Crippen molar-refractivity contribution in [1.29, 1.82) is 0 Å². The van der Waals surface area contributed by atoms with Gasteiger partial charge in [-0.1, -0.05) is 32.0 Å². The van der Waals surface area contributed by atoms with Gasteiger partial charge in [0.2, 0.25) is 0 Å². The molecule has 4 heteroatoms. The van der Waals surface area contributed by atoms with Gasteiger partial charge in [0.15, 0.2) is 0 Å². The number of carbonyl (C=O) groups excluding carboxylic acids is 1. The average molecular weight is 285 g/mol. The molecular formula is C17H23N3O. The molecule has 1 unspecified atom stereocenters. The van der Waals surface area contributed by atoms with Gasteiger partial charge in [0.05, 0.1) is 11.1 Å². The zero-order chi connectivity index (χ0) is 15.6. The molecule has 0 aliphatic carbocycles. The van der Waals surface area contributed by atoms with Crippen molar-refractivity contribution in [3.8, 4) is 0 Å². The standard InChI is InChI=1S/C17H23N3O/c1-11(2)16(10-18)20(4)17(21)14-9-12(3)19-15-8-6-5-7-13(14)15/h5-9,11,16H,10,18H2,1-4H3. The Morgan fingerprint density at radius 3 is 2.62 bits per heavy atom. The van der Waals surface area contributed by atoms with Crippen molar-refractivity contribution in [2.24, 2.45) is 11.7 Å². The van der Waals surface area contributed by atoms with E-state index in [0.29, 0.717) is 18.0 Å². The summed E-state index contributed by atoms with van der Waals surface area (Å²) in [6.07, 6.45) is 0. The Morgan fingerprint density at radius 1 is 1.33 bits per heavy atom. The fourth-order valence-corrected chi connectivity index (χ4v) is 2.70. The second-order valence-electron chi connectivity index (χ2n) is 5.79. The maximum absolute atomic E-state index is 12.9. The number of hydrogen-bond acceptors (Lipinski definition) is 3. The quantitative estimate of drug-likeness (QED) is 0.939. The molecule has 0 bridgehead atoms. The smallest absolute Gasteiger partial charge is 0.254 e. The number of carbonyl (C=O) groups is 1. The first-order chi connectivity index (χ1) is 9.95. The highest BCUT2D eigenvalue weighted by Gasteiger charge is 2.24. The van der Waals surface area contributed by atoms with Gasteiger partial charge in [0.1, 0.15) is 0 Å². The molecule has 0 saturated heterocycles. The van der Waals surface area contributed by atoms with Crippen LogP contribution in [-0.4, -0.2) is 35.4 Å². The highest BCUT2D eigenvalue weighted by Crippen LogP contribution is 2.21. The molecule has 21 heavy (non-hydrogen) atoms. The largest absolute Gasteiger partial charge is 0.337 e. The number of nitrogens with two attached hydrogens (primary N) is 1. The topological polar surface area (TPSA) is 59.2 Å². The van der Waals surface area contributed by atoms with E-state index in [4.69, 9.17) is 5.73 Å². The van der Waals surface area contributed by atoms with Gasteiger partial charge >= 0.3 is 0 Å². The third kappa shape index (κ3) is 3.05. The lowest BCUT2D eigenvalue weighted by atomic mass is 10.0. The molecule has 112 valence electrons. The van der Waals surface area contributed by atoms with E-state index in [2.05, 4.69) is 18.8 Å². The number of hydrogen-bond donors (Lipinski definition) is 1. The minimum absolute atomic E-state index is 0.000787. The molecule has 1 aromatic carbocycles. The first kappa shape index (κ1) is 15.4. The first-order valence-electron chi connectivity index (χ1n) is 7.29. The van der Waals surface area contributed by atoms with E-state index in [1.165, 1.54) is 0 Å². The van der Waals surface area contributed by atoms with Crippen LogP contribution >= 0.6 is 0 Å². The van der Waals surface area contributed by atoms with E-state index in [-0.39, 0.29) is 11.9 Å². The first-order valence-corrected chi connectivity index (χ1v) is 7.29. The number of benzene rings is 1. The molecule has 0 saturated carbocycles. The number of aryl methyl sites for hydroxylation is 1. The van der Waals surface area contributed by atoms with Gasteiger partial charge in [0.25, 0.3) is 5.91 Å². The summed E-state index contributed by atoms with van der Waals surface area (Å²) in [5, 5.41) is 0.888. The summed E-state index contributed by atoms with van der Waals surface area (Å²) in [5.41, 5.74) is 8.22. The maximum atomic E-state index is 12.9. The molecule has 2 aromatic rings. The summed E-state index contributed by atoms with van der Waals surface area (Å²) in [5.74, 6) is 0.319. The molecule has 0 radical (unpaired) electrons. The highest BCUT2D eigenvalue weighted by atomic mass is 16.2. The molecule has 2 N–H and O–H groups in total. The van der Waals surface area contributed by atoms with Crippen molar-refractivity contribution >= 4 is 16.8 Å². The number of rotatable bonds is 4. The van der Waals surface area contributed by atoms with Crippen molar-refractivity contribution in [2.75, 3.05) is 13.6 Å². The summed E-state index contributed by atoms with van der Waals surface area (Å²) in [7, 11) is 1.82. The van der Waals surface area contributed by atoms with Crippen LogP contribution in [0.15, 0.2) is 30.3 Å². The van der Waals surface area contributed by atoms with Crippen molar-refractivity contribution in [3.05, 3.63) is 41.6 Å². The molecule has 1 aromatic heterocycles. The normalized spacial score (nSPS) is 12.7. The fraction of sp³-hybridized carbons (Fsp3) is 0.412. The number of nitrogens with zero attached hydrogens (tertiary/aromatic N) is 2. The summed E-state index contributed by atoms with van der Waals surface area (Å²) in [4.78, 5) is 19.1. The minimum atomic E-state index is 0.000787. The zero-order valence-electron chi connectivity index (χ0n) is 13.1. The third-order valence-electron chi connectivity index (χ3n) is 3.90. The Bertz CT molecular complexity index is 652. The predicted octanol–water partition coefficient (Wildman–Crippen LogP) is 2.60. The van der Waals surface area contributed by atoms with Crippen molar-refractivity contribution in [1.82, 2.24) is 9.88 Å². The van der Waals surface area contributed by atoms with E-state index in [1.54, 1.807) is 4.90 Å². The molecule has 1 amide bonds. The van der Waals surface area contributed by atoms with Crippen LogP contribution < -0.4 is 5.73 Å². The summed E-state index contributed by atoms with van der Waals surface area (Å²) in [6.45, 7) is 6.53. The molecule has 1 heterocycles. The molecule has 2 rings (SSSR count). The SMILES string of the molecule is Cc1cc(C(=O)N(C)C(CN)C(C)C)c2ccccc2n1. The van der Waals surface area contributed by atoms with Gasteiger partial charge in [-0.05, 0) is 25.0 Å². The van der Waals surface area contributed by atoms with Crippen molar-refractivity contribution < 1.29 is 4.79 Å². The second kappa shape index (κ2) is 6.22. The maximum Gasteiger partial charge on any atom is 0.254 e. The Hall–Kier alpha value is -1.94. The van der Waals surface area contributed by atoms with E-state index >= 15 is 0 Å². The molecule has 0 fully saturated rings. The molecule has 4 nitrogen and oxygen atoms in total. The number of fused-ring (bicyclic) bond motifs is 1. The van der Waals surface area contributed by atoms with E-state index in [0.717, 1.165) is 16.6 Å². The highest BCUT2D eigenvalue weighted by molar-refractivity contribution is 6.06.